The summed E-state index contributed by atoms with van der Waals surface area (Å²) in [5.41, 5.74) is 7.27. The summed E-state index contributed by atoms with van der Waals surface area (Å²) in [4.78, 5) is 6.36. The predicted octanol–water partition coefficient (Wildman–Crippen LogP) is 1.52. The Kier molecular flexibility index (Phi) is 3.60. The first-order valence-electron chi connectivity index (χ1n) is 6.08. The van der Waals surface area contributed by atoms with Crippen molar-refractivity contribution < 1.29 is 0 Å². The van der Waals surface area contributed by atoms with Gasteiger partial charge in [-0.05, 0) is 30.9 Å². The Hall–Kier alpha value is -1.60. The van der Waals surface area contributed by atoms with Crippen LogP contribution in [0.2, 0.25) is 0 Å². The highest BCUT2D eigenvalue weighted by Crippen LogP contribution is 2.28. The molecule has 1 saturated heterocycles. The third-order valence-corrected chi connectivity index (χ3v) is 3.45. The van der Waals surface area contributed by atoms with Crippen LogP contribution in [0.4, 0.5) is 5.69 Å². The monoisotopic (exact) mass is 230 g/mol. The maximum atomic E-state index is 9.09. The first kappa shape index (κ1) is 11.9. The summed E-state index contributed by atoms with van der Waals surface area (Å²) in [7, 11) is 0. The van der Waals surface area contributed by atoms with Crippen molar-refractivity contribution in [1.29, 1.82) is 5.26 Å². The lowest BCUT2D eigenvalue weighted by atomic mass is 9.92. The number of nitrogens with zero attached hydrogens (tertiary/aromatic N) is 3. The molecule has 0 aliphatic carbocycles. The van der Waals surface area contributed by atoms with Crippen molar-refractivity contribution in [3.05, 3.63) is 24.0 Å². The lowest BCUT2D eigenvalue weighted by Crippen LogP contribution is -2.46. The molecule has 2 atom stereocenters. The molecule has 2 heterocycles. The van der Waals surface area contributed by atoms with Crippen molar-refractivity contribution in [3.8, 4) is 6.07 Å². The van der Waals surface area contributed by atoms with E-state index in [1.165, 1.54) is 0 Å². The standard InChI is InChI=1S/C13H18N4/c1-10-4-6-17(11(7-10)8-14)13-3-2-5-16-12(13)9-15/h2-3,5,10-11H,4,6-8,14H2,1H3. The van der Waals surface area contributed by atoms with Gasteiger partial charge >= 0.3 is 0 Å². The summed E-state index contributed by atoms with van der Waals surface area (Å²) in [5, 5.41) is 9.09. The Balaban J connectivity index is 2.29. The van der Waals surface area contributed by atoms with Crippen LogP contribution in [0.1, 0.15) is 25.5 Å². The van der Waals surface area contributed by atoms with E-state index in [0.29, 0.717) is 24.2 Å². The average molecular weight is 230 g/mol. The molecule has 1 aliphatic rings. The summed E-state index contributed by atoms with van der Waals surface area (Å²) in [6, 6.07) is 6.32. The van der Waals surface area contributed by atoms with E-state index in [4.69, 9.17) is 11.0 Å². The molecule has 17 heavy (non-hydrogen) atoms. The summed E-state index contributed by atoms with van der Waals surface area (Å²) in [6.07, 6.45) is 3.90. The molecule has 4 heteroatoms. The molecule has 1 aromatic heterocycles. The zero-order valence-corrected chi connectivity index (χ0v) is 10.1. The van der Waals surface area contributed by atoms with E-state index in [9.17, 15) is 0 Å². The van der Waals surface area contributed by atoms with Crippen LogP contribution in [0, 0.1) is 17.2 Å². The van der Waals surface area contributed by atoms with Gasteiger partial charge in [-0.3, -0.25) is 0 Å². The van der Waals surface area contributed by atoms with E-state index in [0.717, 1.165) is 25.1 Å². The van der Waals surface area contributed by atoms with Crippen LogP contribution in [0.15, 0.2) is 18.3 Å². The van der Waals surface area contributed by atoms with Gasteiger partial charge in [-0.25, -0.2) is 4.98 Å². The largest absolute Gasteiger partial charge is 0.365 e. The Bertz CT molecular complexity index is 424. The molecular weight excluding hydrogens is 212 g/mol. The molecule has 90 valence electrons. The minimum atomic E-state index is 0.329. The number of piperidine rings is 1. The van der Waals surface area contributed by atoms with E-state index >= 15 is 0 Å². The van der Waals surface area contributed by atoms with Crippen molar-refractivity contribution >= 4 is 5.69 Å². The number of pyridine rings is 1. The number of anilines is 1. The second-order valence-electron chi connectivity index (χ2n) is 4.70. The van der Waals surface area contributed by atoms with Crippen molar-refractivity contribution in [1.82, 2.24) is 4.98 Å². The summed E-state index contributed by atoms with van der Waals surface area (Å²) >= 11 is 0. The third kappa shape index (κ3) is 2.40. The number of nitriles is 1. The molecule has 0 aromatic carbocycles. The first-order valence-corrected chi connectivity index (χ1v) is 6.08. The predicted molar refractivity (Wildman–Crippen MR) is 67.5 cm³/mol. The van der Waals surface area contributed by atoms with Gasteiger partial charge < -0.3 is 10.6 Å². The van der Waals surface area contributed by atoms with Crippen LogP contribution in [0.25, 0.3) is 0 Å². The minimum Gasteiger partial charge on any atom is -0.365 e. The van der Waals surface area contributed by atoms with E-state index in [1.54, 1.807) is 6.20 Å². The molecule has 4 nitrogen and oxygen atoms in total. The summed E-state index contributed by atoms with van der Waals surface area (Å²) in [6.45, 7) is 3.85. The zero-order valence-electron chi connectivity index (χ0n) is 10.1. The molecule has 0 radical (unpaired) electrons. The van der Waals surface area contributed by atoms with Gasteiger partial charge in [0.25, 0.3) is 0 Å². The van der Waals surface area contributed by atoms with Gasteiger partial charge in [0.05, 0.1) is 5.69 Å². The first-order chi connectivity index (χ1) is 8.26. The number of hydrogen-bond acceptors (Lipinski definition) is 4. The molecule has 1 fully saturated rings. The Morgan fingerprint density at radius 3 is 3.18 bits per heavy atom. The van der Waals surface area contributed by atoms with Gasteiger partial charge in [0.15, 0.2) is 5.69 Å². The second-order valence-corrected chi connectivity index (χ2v) is 4.70. The van der Waals surface area contributed by atoms with E-state index in [2.05, 4.69) is 22.9 Å². The molecular formula is C13H18N4. The van der Waals surface area contributed by atoms with Crippen molar-refractivity contribution in [2.75, 3.05) is 18.0 Å². The van der Waals surface area contributed by atoms with E-state index in [1.807, 2.05) is 12.1 Å². The molecule has 0 bridgehead atoms. The molecule has 2 N–H and O–H groups in total. The number of hydrogen-bond donors (Lipinski definition) is 1. The fourth-order valence-corrected chi connectivity index (χ4v) is 2.51. The second kappa shape index (κ2) is 5.15. The van der Waals surface area contributed by atoms with Crippen LogP contribution in [-0.4, -0.2) is 24.1 Å². The van der Waals surface area contributed by atoms with Crippen LogP contribution in [0.5, 0.6) is 0 Å². The molecule has 0 amide bonds. The average Bonchev–Trinajstić information content (AvgIpc) is 2.38. The number of aromatic nitrogens is 1. The highest BCUT2D eigenvalue weighted by molar-refractivity contribution is 5.56. The topological polar surface area (TPSA) is 65.9 Å². The van der Waals surface area contributed by atoms with Gasteiger partial charge in [-0.2, -0.15) is 5.26 Å². The number of nitrogens with two attached hydrogens (primary N) is 1. The quantitative estimate of drug-likeness (QED) is 0.836. The molecule has 1 aromatic rings. The Morgan fingerprint density at radius 2 is 2.47 bits per heavy atom. The zero-order chi connectivity index (χ0) is 12.3. The van der Waals surface area contributed by atoms with E-state index in [-0.39, 0.29) is 0 Å². The van der Waals surface area contributed by atoms with Gasteiger partial charge in [0, 0.05) is 25.3 Å². The van der Waals surface area contributed by atoms with Gasteiger partial charge in [-0.15, -0.1) is 0 Å². The van der Waals surface area contributed by atoms with Gasteiger partial charge in [0.1, 0.15) is 6.07 Å². The normalized spacial score (nSPS) is 24.4. The summed E-state index contributed by atoms with van der Waals surface area (Å²) in [5.74, 6) is 0.710. The van der Waals surface area contributed by atoms with Gasteiger partial charge in [0.2, 0.25) is 0 Å². The van der Waals surface area contributed by atoms with Crippen molar-refractivity contribution in [3.63, 3.8) is 0 Å². The maximum absolute atomic E-state index is 9.09. The van der Waals surface area contributed by atoms with Crippen molar-refractivity contribution in [2.24, 2.45) is 11.7 Å². The van der Waals surface area contributed by atoms with Crippen molar-refractivity contribution in [2.45, 2.75) is 25.8 Å². The maximum Gasteiger partial charge on any atom is 0.163 e. The van der Waals surface area contributed by atoms with Crippen LogP contribution >= 0.6 is 0 Å². The number of rotatable bonds is 2. The van der Waals surface area contributed by atoms with E-state index < -0.39 is 0 Å². The lowest BCUT2D eigenvalue weighted by Gasteiger charge is -2.39. The third-order valence-electron chi connectivity index (χ3n) is 3.45. The smallest absolute Gasteiger partial charge is 0.163 e. The minimum absolute atomic E-state index is 0.329. The molecule has 1 aliphatic heterocycles. The lowest BCUT2D eigenvalue weighted by molar-refractivity contribution is 0.366. The Labute approximate surface area is 102 Å². The molecule has 2 unspecified atom stereocenters. The SMILES string of the molecule is CC1CCN(c2cccnc2C#N)C(CN)C1. The highest BCUT2D eigenvalue weighted by atomic mass is 15.2. The summed E-state index contributed by atoms with van der Waals surface area (Å²) < 4.78 is 0. The molecule has 0 spiro atoms. The highest BCUT2D eigenvalue weighted by Gasteiger charge is 2.27. The molecule has 0 saturated carbocycles. The van der Waals surface area contributed by atoms with Gasteiger partial charge in [-0.1, -0.05) is 6.92 Å². The van der Waals surface area contributed by atoms with Crippen LogP contribution in [-0.2, 0) is 0 Å². The fraction of sp³-hybridized carbons (Fsp3) is 0.538. The molecule has 2 rings (SSSR count). The van der Waals surface area contributed by atoms with Crippen LogP contribution in [0.3, 0.4) is 0 Å². The Morgan fingerprint density at radius 1 is 1.65 bits per heavy atom. The van der Waals surface area contributed by atoms with Crippen LogP contribution < -0.4 is 10.6 Å². The fourth-order valence-electron chi connectivity index (χ4n) is 2.51.